The standard InChI is InChI=1S/C2H4O3.H3NO/c1-2(3)5-4;1-2/h4H,1H3;2H,1H2. The van der Waals surface area contributed by atoms with Crippen LogP contribution in [-0.2, 0) is 9.68 Å². The molecule has 7 heavy (non-hydrogen) atoms. The molecule has 44 valence electrons. The molecule has 0 saturated carbocycles. The summed E-state index contributed by atoms with van der Waals surface area (Å²) in [5.74, 6) is 2.81. The van der Waals surface area contributed by atoms with Gasteiger partial charge in [-0.2, -0.15) is 5.26 Å². The van der Waals surface area contributed by atoms with Gasteiger partial charge in [0.2, 0.25) is 0 Å². The van der Waals surface area contributed by atoms with Gasteiger partial charge in [-0.1, -0.05) is 0 Å². The lowest BCUT2D eigenvalue weighted by Gasteiger charge is -1.76. The molecule has 5 heteroatoms. The molecule has 0 aliphatic heterocycles. The molecule has 0 bridgehead atoms. The van der Waals surface area contributed by atoms with Crippen LogP contribution in [0.4, 0.5) is 0 Å². The molecule has 0 heterocycles. The number of hydrogen-bond acceptors (Lipinski definition) is 5. The summed E-state index contributed by atoms with van der Waals surface area (Å²) in [7, 11) is 0. The van der Waals surface area contributed by atoms with E-state index in [9.17, 15) is 4.79 Å². The van der Waals surface area contributed by atoms with Crippen molar-refractivity contribution in [2.45, 2.75) is 6.92 Å². The molecule has 0 unspecified atom stereocenters. The molecule has 0 aliphatic rings. The average Bonchev–Trinajstić information content (AvgIpc) is 1.73. The quantitative estimate of drug-likeness (QED) is 0.284. The fourth-order valence-electron chi connectivity index (χ4n) is 0. The summed E-state index contributed by atoms with van der Waals surface area (Å²) < 4.78 is 0. The minimum atomic E-state index is -0.690. The van der Waals surface area contributed by atoms with Crippen molar-refractivity contribution in [3.63, 3.8) is 0 Å². The summed E-state index contributed by atoms with van der Waals surface area (Å²) in [6.07, 6.45) is 0. The van der Waals surface area contributed by atoms with E-state index in [1.165, 1.54) is 0 Å². The highest BCUT2D eigenvalue weighted by atomic mass is 17.1. The predicted octanol–water partition coefficient (Wildman–Crippen LogP) is -0.643. The van der Waals surface area contributed by atoms with Gasteiger partial charge in [0.25, 0.3) is 0 Å². The second-order valence-corrected chi connectivity index (χ2v) is 0.583. The van der Waals surface area contributed by atoms with Gasteiger partial charge in [-0.15, -0.1) is 0 Å². The average molecular weight is 109 g/mol. The molecular weight excluding hydrogens is 102 g/mol. The van der Waals surface area contributed by atoms with Crippen LogP contribution in [0, 0.1) is 0 Å². The Balaban J connectivity index is 0. The molecule has 0 saturated heterocycles. The lowest BCUT2D eigenvalue weighted by atomic mass is 10.9. The van der Waals surface area contributed by atoms with Crippen LogP contribution < -0.4 is 5.90 Å². The van der Waals surface area contributed by atoms with Crippen LogP contribution in [0.15, 0.2) is 0 Å². The monoisotopic (exact) mass is 109 g/mol. The molecule has 0 aromatic rings. The van der Waals surface area contributed by atoms with E-state index in [4.69, 9.17) is 10.5 Å². The van der Waals surface area contributed by atoms with Crippen LogP contribution in [-0.4, -0.2) is 16.4 Å². The number of hydrogen-bond donors (Lipinski definition) is 3. The normalized spacial score (nSPS) is 5.71. The lowest BCUT2D eigenvalue weighted by Crippen LogP contribution is -1.89. The first-order chi connectivity index (χ1) is 3.27. The van der Waals surface area contributed by atoms with Gasteiger partial charge in [0, 0.05) is 6.92 Å². The molecule has 0 radical (unpaired) electrons. The molecule has 0 rings (SSSR count). The Hall–Kier alpha value is -0.650. The first-order valence-corrected chi connectivity index (χ1v) is 1.35. The van der Waals surface area contributed by atoms with Gasteiger partial charge in [0.15, 0.2) is 0 Å². The maximum absolute atomic E-state index is 9.34. The third kappa shape index (κ3) is 32.9. The SMILES string of the molecule is CC(=O)OO.NO. The van der Waals surface area contributed by atoms with Crippen LogP contribution in [0.3, 0.4) is 0 Å². The van der Waals surface area contributed by atoms with E-state index in [1.807, 2.05) is 0 Å². The smallest absolute Gasteiger partial charge is 0.320 e. The van der Waals surface area contributed by atoms with Crippen LogP contribution in [0.5, 0.6) is 0 Å². The Morgan fingerprint density at radius 3 is 1.86 bits per heavy atom. The number of carbonyl (C=O) groups excluding carboxylic acids is 1. The van der Waals surface area contributed by atoms with Crippen LogP contribution in [0.25, 0.3) is 0 Å². The first-order valence-electron chi connectivity index (χ1n) is 1.35. The predicted molar refractivity (Wildman–Crippen MR) is 20.4 cm³/mol. The highest BCUT2D eigenvalue weighted by Crippen LogP contribution is 1.59. The van der Waals surface area contributed by atoms with Gasteiger partial charge >= 0.3 is 5.97 Å². The van der Waals surface area contributed by atoms with E-state index >= 15 is 0 Å². The van der Waals surface area contributed by atoms with Gasteiger partial charge in [-0.3, -0.25) is 0 Å². The highest BCUT2D eigenvalue weighted by Gasteiger charge is 1.79. The zero-order chi connectivity index (χ0) is 6.28. The molecule has 0 aromatic carbocycles. The Labute approximate surface area is 40.2 Å². The largest absolute Gasteiger partial charge is 0.339 e. The summed E-state index contributed by atoms with van der Waals surface area (Å²) in [6, 6.07) is 0. The van der Waals surface area contributed by atoms with Gasteiger partial charge in [-0.05, 0) is 0 Å². The molecule has 4 N–H and O–H groups in total. The fraction of sp³-hybridized carbons (Fsp3) is 0.500. The Morgan fingerprint density at radius 2 is 1.86 bits per heavy atom. The Bertz CT molecular complexity index is 45.0. The molecule has 5 nitrogen and oxygen atoms in total. The molecular formula is C2H7NO4. The summed E-state index contributed by atoms with van der Waals surface area (Å²) in [6.45, 7) is 1.11. The van der Waals surface area contributed by atoms with Gasteiger partial charge < -0.3 is 10.1 Å². The zero-order valence-corrected chi connectivity index (χ0v) is 3.79. The number of nitrogens with two attached hydrogens (primary N) is 1. The van der Waals surface area contributed by atoms with Crippen molar-refractivity contribution in [1.29, 1.82) is 0 Å². The van der Waals surface area contributed by atoms with Crippen molar-refractivity contribution in [2.75, 3.05) is 0 Å². The van der Waals surface area contributed by atoms with Crippen LogP contribution in [0.2, 0.25) is 0 Å². The second kappa shape index (κ2) is 9.02. The van der Waals surface area contributed by atoms with Gasteiger partial charge in [-0.25, -0.2) is 10.7 Å². The maximum atomic E-state index is 9.34. The Kier molecular flexibility index (Phi) is 12.4. The van der Waals surface area contributed by atoms with E-state index in [-0.39, 0.29) is 0 Å². The summed E-state index contributed by atoms with van der Waals surface area (Å²) >= 11 is 0. The maximum Gasteiger partial charge on any atom is 0.339 e. The van der Waals surface area contributed by atoms with Crippen molar-refractivity contribution in [3.8, 4) is 0 Å². The van der Waals surface area contributed by atoms with Crippen molar-refractivity contribution in [2.24, 2.45) is 5.90 Å². The molecule has 0 amide bonds. The molecule has 0 atom stereocenters. The third-order valence-electron chi connectivity index (χ3n) is 0.129. The molecule has 0 aromatic heterocycles. The number of carbonyl (C=O) groups is 1. The second-order valence-electron chi connectivity index (χ2n) is 0.583. The molecule has 0 fully saturated rings. The van der Waals surface area contributed by atoms with Crippen molar-refractivity contribution < 1.29 is 20.1 Å². The van der Waals surface area contributed by atoms with Crippen molar-refractivity contribution in [3.05, 3.63) is 0 Å². The minimum Gasteiger partial charge on any atom is -0.320 e. The molecule has 0 spiro atoms. The third-order valence-corrected chi connectivity index (χ3v) is 0.129. The van der Waals surface area contributed by atoms with Gasteiger partial charge in [0.1, 0.15) is 0 Å². The topological polar surface area (TPSA) is 92.8 Å². The Morgan fingerprint density at radius 1 is 1.71 bits per heavy atom. The van der Waals surface area contributed by atoms with E-state index < -0.39 is 5.97 Å². The summed E-state index contributed by atoms with van der Waals surface area (Å²) in [4.78, 5) is 12.5. The van der Waals surface area contributed by atoms with Gasteiger partial charge in [0.05, 0.1) is 0 Å². The van der Waals surface area contributed by atoms with E-state index in [2.05, 4.69) is 10.8 Å². The van der Waals surface area contributed by atoms with E-state index in [1.54, 1.807) is 0 Å². The fourth-order valence-corrected chi connectivity index (χ4v) is 0. The highest BCUT2D eigenvalue weighted by molar-refractivity contribution is 5.64. The first kappa shape index (κ1) is 9.61. The van der Waals surface area contributed by atoms with E-state index in [0.717, 1.165) is 6.92 Å². The van der Waals surface area contributed by atoms with Crippen molar-refractivity contribution in [1.82, 2.24) is 0 Å². The van der Waals surface area contributed by atoms with Crippen LogP contribution in [0.1, 0.15) is 6.92 Å². The summed E-state index contributed by atoms with van der Waals surface area (Å²) in [5, 5.41) is 13.8. The lowest BCUT2D eigenvalue weighted by molar-refractivity contribution is -0.231. The minimum absolute atomic E-state index is 0.690. The van der Waals surface area contributed by atoms with E-state index in [0.29, 0.717) is 0 Å². The summed E-state index contributed by atoms with van der Waals surface area (Å²) in [5.41, 5.74) is 0. The molecule has 0 aliphatic carbocycles. The van der Waals surface area contributed by atoms with Crippen LogP contribution >= 0.6 is 0 Å². The zero-order valence-electron chi connectivity index (χ0n) is 3.79. The number of rotatable bonds is 0. The van der Waals surface area contributed by atoms with Crippen molar-refractivity contribution >= 4 is 5.97 Å².